The lowest BCUT2D eigenvalue weighted by molar-refractivity contribution is 0.0376. The van der Waals surface area contributed by atoms with E-state index in [1.807, 2.05) is 55.5 Å². The van der Waals surface area contributed by atoms with Gasteiger partial charge in [0.05, 0.1) is 39.6 Å². The largest absolute Gasteiger partial charge is 0.495 e. The fourth-order valence-electron chi connectivity index (χ4n) is 4.83. The standard InChI is InChI=1S/C29H33N3O5S/c1-4-37-22-11-10-20-8-5-6-9-21(20)25(22)28(33)32(15-7-14-31-16-18-36-19-17-31)29-30-26-23(34-2)12-13-24(35-3)27(26)38-29/h5-6,8-13H,4,7,14-19H2,1-3H3. The van der Waals surface area contributed by atoms with Gasteiger partial charge in [0.1, 0.15) is 27.5 Å². The monoisotopic (exact) mass is 535 g/mol. The number of hydrogen-bond donors (Lipinski definition) is 0. The summed E-state index contributed by atoms with van der Waals surface area (Å²) >= 11 is 1.43. The first-order chi connectivity index (χ1) is 18.6. The third kappa shape index (κ3) is 5.27. The summed E-state index contributed by atoms with van der Waals surface area (Å²) in [5.41, 5.74) is 1.23. The Balaban J connectivity index is 1.58. The minimum atomic E-state index is -0.135. The quantitative estimate of drug-likeness (QED) is 0.275. The number of nitrogens with zero attached hydrogens (tertiary/aromatic N) is 3. The zero-order chi connectivity index (χ0) is 26.5. The maximum atomic E-state index is 14.4. The van der Waals surface area contributed by atoms with Crippen molar-refractivity contribution in [2.24, 2.45) is 0 Å². The molecule has 0 unspecified atom stereocenters. The number of rotatable bonds is 10. The number of ether oxygens (including phenoxy) is 4. The molecule has 1 fully saturated rings. The summed E-state index contributed by atoms with van der Waals surface area (Å²) in [4.78, 5) is 23.5. The van der Waals surface area contributed by atoms with Gasteiger partial charge in [-0.25, -0.2) is 4.98 Å². The van der Waals surface area contributed by atoms with Crippen molar-refractivity contribution in [3.8, 4) is 17.2 Å². The number of carbonyl (C=O) groups excluding carboxylic acids is 1. The van der Waals surface area contributed by atoms with Gasteiger partial charge in [-0.3, -0.25) is 14.6 Å². The molecule has 2 heterocycles. The third-order valence-electron chi connectivity index (χ3n) is 6.74. The Bertz CT molecular complexity index is 1380. The van der Waals surface area contributed by atoms with Gasteiger partial charge in [0.2, 0.25) is 0 Å². The zero-order valence-electron chi connectivity index (χ0n) is 22.1. The molecule has 0 N–H and O–H groups in total. The van der Waals surface area contributed by atoms with Gasteiger partial charge in [0, 0.05) is 26.2 Å². The Labute approximate surface area is 226 Å². The van der Waals surface area contributed by atoms with Gasteiger partial charge in [-0.1, -0.05) is 41.7 Å². The normalized spacial score (nSPS) is 14.1. The van der Waals surface area contributed by atoms with E-state index in [0.717, 1.165) is 54.7 Å². The molecule has 5 rings (SSSR count). The van der Waals surface area contributed by atoms with Crippen LogP contribution in [0.3, 0.4) is 0 Å². The summed E-state index contributed by atoms with van der Waals surface area (Å²) in [5.74, 6) is 1.78. The number of aromatic nitrogens is 1. The topological polar surface area (TPSA) is 73.4 Å². The van der Waals surface area contributed by atoms with E-state index in [0.29, 0.717) is 46.6 Å². The molecular weight excluding hydrogens is 502 g/mol. The van der Waals surface area contributed by atoms with Gasteiger partial charge in [0.15, 0.2) is 5.13 Å². The summed E-state index contributed by atoms with van der Waals surface area (Å²) in [6, 6.07) is 15.5. The lowest BCUT2D eigenvalue weighted by Crippen LogP contribution is -2.39. The molecule has 1 amide bonds. The molecule has 1 aromatic heterocycles. The first-order valence-corrected chi connectivity index (χ1v) is 13.7. The van der Waals surface area contributed by atoms with Crippen LogP contribution < -0.4 is 19.1 Å². The smallest absolute Gasteiger partial charge is 0.264 e. The van der Waals surface area contributed by atoms with E-state index in [9.17, 15) is 4.79 Å². The molecule has 0 radical (unpaired) electrons. The number of fused-ring (bicyclic) bond motifs is 2. The Morgan fingerprint density at radius 3 is 2.53 bits per heavy atom. The molecule has 0 saturated carbocycles. The van der Waals surface area contributed by atoms with Gasteiger partial charge in [-0.05, 0) is 42.3 Å². The van der Waals surface area contributed by atoms with E-state index in [1.165, 1.54) is 11.3 Å². The molecule has 9 heteroatoms. The number of hydrogen-bond acceptors (Lipinski definition) is 8. The van der Waals surface area contributed by atoms with E-state index in [4.69, 9.17) is 23.9 Å². The van der Waals surface area contributed by atoms with Crippen molar-refractivity contribution in [2.45, 2.75) is 13.3 Å². The first kappa shape index (κ1) is 26.2. The van der Waals surface area contributed by atoms with Gasteiger partial charge in [-0.2, -0.15) is 0 Å². The minimum absolute atomic E-state index is 0.135. The van der Waals surface area contributed by atoms with Crippen molar-refractivity contribution < 1.29 is 23.7 Å². The highest BCUT2D eigenvalue weighted by atomic mass is 32.1. The van der Waals surface area contributed by atoms with Crippen LogP contribution in [0.2, 0.25) is 0 Å². The lowest BCUT2D eigenvalue weighted by Gasteiger charge is -2.28. The second-order valence-corrected chi connectivity index (χ2v) is 9.98. The number of amides is 1. The van der Waals surface area contributed by atoms with Crippen molar-refractivity contribution >= 4 is 43.4 Å². The summed E-state index contributed by atoms with van der Waals surface area (Å²) < 4.78 is 23.5. The molecular formula is C29H33N3O5S. The fourth-order valence-corrected chi connectivity index (χ4v) is 5.93. The molecule has 1 aliphatic heterocycles. The van der Waals surface area contributed by atoms with E-state index in [2.05, 4.69) is 4.90 Å². The van der Waals surface area contributed by atoms with Crippen molar-refractivity contribution in [3.63, 3.8) is 0 Å². The number of anilines is 1. The Morgan fingerprint density at radius 2 is 1.76 bits per heavy atom. The highest BCUT2D eigenvalue weighted by Gasteiger charge is 2.27. The molecule has 0 aliphatic carbocycles. The molecule has 4 aromatic rings. The Kier molecular flexibility index (Phi) is 8.26. The SMILES string of the molecule is CCOc1ccc2ccccc2c1C(=O)N(CCCN1CCOCC1)c1nc2c(OC)ccc(OC)c2s1. The summed E-state index contributed by atoms with van der Waals surface area (Å²) in [6.45, 7) is 7.07. The van der Waals surface area contributed by atoms with Crippen molar-refractivity contribution in [1.82, 2.24) is 9.88 Å². The van der Waals surface area contributed by atoms with Crippen molar-refractivity contribution in [1.29, 1.82) is 0 Å². The highest BCUT2D eigenvalue weighted by Crippen LogP contribution is 2.41. The van der Waals surface area contributed by atoms with Crippen LogP contribution in [-0.4, -0.2) is 76.0 Å². The Morgan fingerprint density at radius 1 is 1.03 bits per heavy atom. The van der Waals surface area contributed by atoms with Crippen LogP contribution in [0.4, 0.5) is 5.13 Å². The Hall–Kier alpha value is -3.40. The van der Waals surface area contributed by atoms with Crippen LogP contribution >= 0.6 is 11.3 Å². The molecule has 8 nitrogen and oxygen atoms in total. The highest BCUT2D eigenvalue weighted by molar-refractivity contribution is 7.22. The van der Waals surface area contributed by atoms with E-state index < -0.39 is 0 Å². The molecule has 3 aromatic carbocycles. The first-order valence-electron chi connectivity index (χ1n) is 12.9. The van der Waals surface area contributed by atoms with Crippen molar-refractivity contribution in [2.75, 3.05) is 65.1 Å². The molecule has 0 atom stereocenters. The third-order valence-corrected chi connectivity index (χ3v) is 7.83. The number of carbonyl (C=O) groups is 1. The van der Waals surface area contributed by atoms with Gasteiger partial charge in [-0.15, -0.1) is 0 Å². The van der Waals surface area contributed by atoms with Crippen LogP contribution in [0.5, 0.6) is 17.2 Å². The average Bonchev–Trinajstić information content (AvgIpc) is 3.40. The van der Waals surface area contributed by atoms with Gasteiger partial charge in [0.25, 0.3) is 5.91 Å². The predicted octanol–water partition coefficient (Wildman–Crippen LogP) is 5.23. The maximum Gasteiger partial charge on any atom is 0.264 e. The summed E-state index contributed by atoms with van der Waals surface area (Å²) in [6.07, 6.45) is 0.796. The fraction of sp³-hybridized carbons (Fsp3) is 0.379. The number of thiazole rings is 1. The molecule has 0 spiro atoms. The van der Waals surface area contributed by atoms with Crippen LogP contribution in [0, 0.1) is 0 Å². The van der Waals surface area contributed by atoms with E-state index >= 15 is 0 Å². The van der Waals surface area contributed by atoms with Gasteiger partial charge >= 0.3 is 0 Å². The van der Waals surface area contributed by atoms with E-state index in [1.54, 1.807) is 19.1 Å². The van der Waals surface area contributed by atoms with Crippen LogP contribution in [0.25, 0.3) is 21.0 Å². The molecule has 1 aliphatic rings. The number of benzene rings is 3. The van der Waals surface area contributed by atoms with Gasteiger partial charge < -0.3 is 18.9 Å². The van der Waals surface area contributed by atoms with E-state index in [-0.39, 0.29) is 5.91 Å². The number of methoxy groups -OCH3 is 2. The number of morpholine rings is 1. The van der Waals surface area contributed by atoms with Crippen LogP contribution in [0.15, 0.2) is 48.5 Å². The van der Waals surface area contributed by atoms with Crippen LogP contribution in [-0.2, 0) is 4.74 Å². The molecule has 1 saturated heterocycles. The molecule has 200 valence electrons. The average molecular weight is 536 g/mol. The van der Waals surface area contributed by atoms with Crippen molar-refractivity contribution in [3.05, 3.63) is 54.1 Å². The molecule has 0 bridgehead atoms. The maximum absolute atomic E-state index is 14.4. The second kappa shape index (κ2) is 12.0. The summed E-state index contributed by atoms with van der Waals surface area (Å²) in [7, 11) is 3.26. The van der Waals surface area contributed by atoms with Crippen LogP contribution in [0.1, 0.15) is 23.7 Å². The molecule has 38 heavy (non-hydrogen) atoms. The second-order valence-electron chi connectivity index (χ2n) is 9.00. The predicted molar refractivity (Wildman–Crippen MR) is 151 cm³/mol. The lowest BCUT2D eigenvalue weighted by atomic mass is 10.0. The minimum Gasteiger partial charge on any atom is -0.495 e. The zero-order valence-corrected chi connectivity index (χ0v) is 22.9. The summed E-state index contributed by atoms with van der Waals surface area (Å²) in [5, 5.41) is 2.45.